The molecule has 1 aliphatic heterocycles. The Bertz CT molecular complexity index is 501. The first-order valence-electron chi connectivity index (χ1n) is 6.82. The molecule has 2 heterocycles. The van der Waals surface area contributed by atoms with E-state index in [1.165, 1.54) is 4.90 Å². The van der Waals surface area contributed by atoms with Crippen LogP contribution in [0, 0.1) is 6.92 Å². The second kappa shape index (κ2) is 5.38. The summed E-state index contributed by atoms with van der Waals surface area (Å²) in [5, 5.41) is 6.92. The van der Waals surface area contributed by atoms with Crippen LogP contribution in [-0.2, 0) is 6.54 Å². The van der Waals surface area contributed by atoms with Crippen molar-refractivity contribution in [1.29, 1.82) is 0 Å². The summed E-state index contributed by atoms with van der Waals surface area (Å²) in [6, 6.07) is -0.816. The van der Waals surface area contributed by atoms with Gasteiger partial charge >= 0.3 is 6.03 Å². The molecule has 1 fully saturated rings. The maximum absolute atomic E-state index is 13.3. The van der Waals surface area contributed by atoms with Gasteiger partial charge in [0.05, 0.1) is 6.20 Å². The van der Waals surface area contributed by atoms with E-state index in [9.17, 15) is 13.6 Å². The number of alkyl halides is 2. The SMILES string of the molecule is CCn1ncc(C)c1NC(=O)N1CCC(F)(F)CC1C. The van der Waals surface area contributed by atoms with E-state index in [-0.39, 0.29) is 25.4 Å². The molecule has 1 saturated heterocycles. The molecular formula is C13H20F2N4O. The van der Waals surface area contributed by atoms with Crippen molar-refractivity contribution in [2.24, 2.45) is 0 Å². The van der Waals surface area contributed by atoms with Gasteiger partial charge in [0.1, 0.15) is 5.82 Å². The smallest absolute Gasteiger partial charge is 0.321 e. The number of nitrogens with zero attached hydrogens (tertiary/aromatic N) is 3. The van der Waals surface area contributed by atoms with Crippen LogP contribution in [0.4, 0.5) is 19.4 Å². The Labute approximate surface area is 116 Å². The number of nitrogens with one attached hydrogen (secondary N) is 1. The lowest BCUT2D eigenvalue weighted by molar-refractivity contribution is -0.0628. The third kappa shape index (κ3) is 2.91. The van der Waals surface area contributed by atoms with E-state index in [0.29, 0.717) is 12.4 Å². The quantitative estimate of drug-likeness (QED) is 0.909. The number of amides is 2. The van der Waals surface area contributed by atoms with Gasteiger partial charge in [-0.3, -0.25) is 5.32 Å². The van der Waals surface area contributed by atoms with Crippen molar-refractivity contribution in [3.8, 4) is 0 Å². The fourth-order valence-electron chi connectivity index (χ4n) is 2.51. The van der Waals surface area contributed by atoms with E-state index in [1.54, 1.807) is 17.8 Å². The van der Waals surface area contributed by atoms with Gasteiger partial charge in [-0.2, -0.15) is 5.10 Å². The van der Waals surface area contributed by atoms with Crippen molar-refractivity contribution in [2.75, 3.05) is 11.9 Å². The van der Waals surface area contributed by atoms with Crippen LogP contribution in [-0.4, -0.2) is 39.2 Å². The van der Waals surface area contributed by atoms with E-state index in [4.69, 9.17) is 0 Å². The summed E-state index contributed by atoms with van der Waals surface area (Å²) < 4.78 is 28.2. The topological polar surface area (TPSA) is 50.2 Å². The number of aryl methyl sites for hydroxylation is 2. The van der Waals surface area contributed by atoms with Crippen LogP contribution in [0.1, 0.15) is 32.3 Å². The van der Waals surface area contributed by atoms with E-state index >= 15 is 0 Å². The lowest BCUT2D eigenvalue weighted by Crippen LogP contribution is -2.50. The number of rotatable bonds is 2. The van der Waals surface area contributed by atoms with E-state index < -0.39 is 12.0 Å². The van der Waals surface area contributed by atoms with Crippen molar-refractivity contribution in [1.82, 2.24) is 14.7 Å². The fraction of sp³-hybridized carbons (Fsp3) is 0.692. The predicted octanol–water partition coefficient (Wildman–Crippen LogP) is 2.86. The predicted molar refractivity (Wildman–Crippen MR) is 72.0 cm³/mol. The van der Waals surface area contributed by atoms with Crippen molar-refractivity contribution in [3.05, 3.63) is 11.8 Å². The van der Waals surface area contributed by atoms with E-state index in [1.807, 2.05) is 13.8 Å². The lowest BCUT2D eigenvalue weighted by Gasteiger charge is -2.37. The molecule has 7 heteroatoms. The van der Waals surface area contributed by atoms with Gasteiger partial charge in [0.2, 0.25) is 0 Å². The molecule has 0 spiro atoms. The number of aromatic nitrogens is 2. The van der Waals surface area contributed by atoms with Crippen LogP contribution in [0.15, 0.2) is 6.20 Å². The Morgan fingerprint density at radius 1 is 1.60 bits per heavy atom. The van der Waals surface area contributed by atoms with Gasteiger partial charge in [0.15, 0.2) is 0 Å². The molecule has 20 heavy (non-hydrogen) atoms. The average Bonchev–Trinajstić information content (AvgIpc) is 2.69. The molecule has 5 nitrogen and oxygen atoms in total. The number of hydrogen-bond acceptors (Lipinski definition) is 2. The number of anilines is 1. The first-order chi connectivity index (χ1) is 9.34. The zero-order valence-electron chi connectivity index (χ0n) is 12.0. The standard InChI is InChI=1S/C13H20F2N4O/c1-4-19-11(9(2)8-16-19)17-12(20)18-6-5-13(14,15)7-10(18)3/h8,10H,4-7H2,1-3H3,(H,17,20). The average molecular weight is 286 g/mol. The van der Waals surface area contributed by atoms with Crippen molar-refractivity contribution in [3.63, 3.8) is 0 Å². The zero-order chi connectivity index (χ0) is 14.9. The Kier molecular flexibility index (Phi) is 3.96. The molecule has 0 radical (unpaired) electrons. The number of urea groups is 1. The molecule has 1 unspecified atom stereocenters. The third-order valence-electron chi connectivity index (χ3n) is 3.65. The van der Waals surface area contributed by atoms with Crippen LogP contribution >= 0.6 is 0 Å². The zero-order valence-corrected chi connectivity index (χ0v) is 12.0. The van der Waals surface area contributed by atoms with Crippen LogP contribution in [0.25, 0.3) is 0 Å². The van der Waals surface area contributed by atoms with Crippen LogP contribution < -0.4 is 5.32 Å². The number of piperidine rings is 1. The Hall–Kier alpha value is -1.66. The van der Waals surface area contributed by atoms with Crippen molar-refractivity contribution >= 4 is 11.8 Å². The maximum Gasteiger partial charge on any atom is 0.323 e. The molecule has 1 atom stereocenters. The van der Waals surface area contributed by atoms with Gasteiger partial charge in [-0.25, -0.2) is 18.3 Å². The van der Waals surface area contributed by atoms with Gasteiger partial charge in [-0.15, -0.1) is 0 Å². The van der Waals surface area contributed by atoms with Gasteiger partial charge in [-0.05, 0) is 20.8 Å². The second-order valence-electron chi connectivity index (χ2n) is 5.27. The van der Waals surface area contributed by atoms with Crippen LogP contribution in [0.2, 0.25) is 0 Å². The lowest BCUT2D eigenvalue weighted by atomic mass is 10.0. The number of likely N-dealkylation sites (tertiary alicyclic amines) is 1. The normalized spacial score (nSPS) is 21.9. The molecular weight excluding hydrogens is 266 g/mol. The molecule has 0 aliphatic carbocycles. The molecule has 1 aromatic rings. The van der Waals surface area contributed by atoms with Gasteiger partial charge in [0.25, 0.3) is 5.92 Å². The first-order valence-corrected chi connectivity index (χ1v) is 6.82. The number of hydrogen-bond donors (Lipinski definition) is 1. The second-order valence-corrected chi connectivity index (χ2v) is 5.27. The number of carbonyl (C=O) groups is 1. The highest BCUT2D eigenvalue weighted by Gasteiger charge is 2.40. The van der Waals surface area contributed by atoms with E-state index in [2.05, 4.69) is 10.4 Å². The number of carbonyl (C=O) groups excluding carboxylic acids is 1. The molecule has 1 aliphatic rings. The van der Waals surface area contributed by atoms with Gasteiger partial charge in [0, 0.05) is 37.5 Å². The minimum absolute atomic E-state index is 0.0688. The first kappa shape index (κ1) is 14.7. The summed E-state index contributed by atoms with van der Waals surface area (Å²) in [5.41, 5.74) is 0.857. The minimum atomic E-state index is -2.67. The summed E-state index contributed by atoms with van der Waals surface area (Å²) in [6.45, 7) is 6.13. The van der Waals surface area contributed by atoms with Crippen LogP contribution in [0.5, 0.6) is 0 Å². The van der Waals surface area contributed by atoms with E-state index in [0.717, 1.165) is 5.56 Å². The molecule has 0 saturated carbocycles. The summed E-state index contributed by atoms with van der Waals surface area (Å²) in [5.74, 6) is -2.04. The maximum atomic E-state index is 13.3. The minimum Gasteiger partial charge on any atom is -0.321 e. The Morgan fingerprint density at radius 2 is 2.30 bits per heavy atom. The summed E-state index contributed by atoms with van der Waals surface area (Å²) >= 11 is 0. The van der Waals surface area contributed by atoms with Gasteiger partial charge < -0.3 is 4.90 Å². The Balaban J connectivity index is 2.07. The van der Waals surface area contributed by atoms with Crippen molar-refractivity contribution < 1.29 is 13.6 Å². The third-order valence-corrected chi connectivity index (χ3v) is 3.65. The molecule has 1 aromatic heterocycles. The Morgan fingerprint density at radius 3 is 2.90 bits per heavy atom. The van der Waals surface area contributed by atoms with Crippen molar-refractivity contribution in [2.45, 2.75) is 52.1 Å². The summed E-state index contributed by atoms with van der Waals surface area (Å²) in [4.78, 5) is 13.7. The highest BCUT2D eigenvalue weighted by Crippen LogP contribution is 2.32. The summed E-state index contributed by atoms with van der Waals surface area (Å²) in [7, 11) is 0. The molecule has 2 amide bonds. The monoisotopic (exact) mass is 286 g/mol. The highest BCUT2D eigenvalue weighted by atomic mass is 19.3. The fourth-order valence-corrected chi connectivity index (χ4v) is 2.51. The molecule has 1 N–H and O–H groups in total. The van der Waals surface area contributed by atoms with Gasteiger partial charge in [-0.1, -0.05) is 0 Å². The molecule has 2 rings (SSSR count). The summed E-state index contributed by atoms with van der Waals surface area (Å²) in [6.07, 6.45) is 1.11. The number of halogens is 2. The molecule has 0 bridgehead atoms. The molecule has 0 aromatic carbocycles. The largest absolute Gasteiger partial charge is 0.323 e. The molecule has 112 valence electrons. The van der Waals surface area contributed by atoms with Crippen LogP contribution in [0.3, 0.4) is 0 Å². The highest BCUT2D eigenvalue weighted by molar-refractivity contribution is 5.89.